The zero-order valence-corrected chi connectivity index (χ0v) is 16.8. The monoisotopic (exact) mass is 422 g/mol. The highest BCUT2D eigenvalue weighted by molar-refractivity contribution is 8.00. The number of nitro benzene ring substituents is 1. The first-order valence-corrected chi connectivity index (χ1v) is 9.91. The first-order chi connectivity index (χ1) is 14.5. The van der Waals surface area contributed by atoms with Crippen LogP contribution in [0.2, 0.25) is 0 Å². The Morgan fingerprint density at radius 3 is 2.43 bits per heavy atom. The number of nitrogens with zero attached hydrogens (tertiary/aromatic N) is 1. The first-order valence-electron chi connectivity index (χ1n) is 8.92. The molecule has 1 amide bonds. The van der Waals surface area contributed by atoms with Crippen LogP contribution in [-0.4, -0.2) is 29.5 Å². The molecule has 3 aromatic rings. The number of anilines is 1. The van der Waals surface area contributed by atoms with Crippen molar-refractivity contribution in [1.82, 2.24) is 0 Å². The maximum Gasteiger partial charge on any atom is 0.270 e. The van der Waals surface area contributed by atoms with Gasteiger partial charge in [0.05, 0.1) is 17.8 Å². The van der Waals surface area contributed by atoms with E-state index in [9.17, 15) is 19.7 Å². The molecule has 0 bridgehead atoms. The predicted molar refractivity (Wildman–Crippen MR) is 116 cm³/mol. The second-order valence-electron chi connectivity index (χ2n) is 6.23. The van der Waals surface area contributed by atoms with Crippen LogP contribution < -0.4 is 10.1 Å². The smallest absolute Gasteiger partial charge is 0.270 e. The number of hydrogen-bond acceptors (Lipinski definition) is 6. The minimum Gasteiger partial charge on any atom is -0.497 e. The molecule has 0 radical (unpaired) electrons. The molecule has 0 saturated carbocycles. The van der Waals surface area contributed by atoms with Crippen molar-refractivity contribution < 1.29 is 19.2 Å². The van der Waals surface area contributed by atoms with E-state index in [2.05, 4.69) is 5.32 Å². The second-order valence-corrected chi connectivity index (χ2v) is 7.28. The summed E-state index contributed by atoms with van der Waals surface area (Å²) in [6.45, 7) is 0. The quantitative estimate of drug-likeness (QED) is 0.242. The lowest BCUT2D eigenvalue weighted by Gasteiger charge is -2.08. The molecule has 0 unspecified atom stereocenters. The van der Waals surface area contributed by atoms with Crippen LogP contribution in [0.25, 0.3) is 0 Å². The van der Waals surface area contributed by atoms with Gasteiger partial charge in [-0.05, 0) is 48.5 Å². The van der Waals surface area contributed by atoms with E-state index >= 15 is 0 Å². The Morgan fingerprint density at radius 2 is 1.73 bits per heavy atom. The van der Waals surface area contributed by atoms with Gasteiger partial charge in [-0.2, -0.15) is 0 Å². The van der Waals surface area contributed by atoms with Crippen LogP contribution in [0.1, 0.15) is 20.7 Å². The van der Waals surface area contributed by atoms with E-state index in [-0.39, 0.29) is 22.8 Å². The molecule has 0 atom stereocenters. The van der Waals surface area contributed by atoms with E-state index in [4.69, 9.17) is 4.74 Å². The van der Waals surface area contributed by atoms with Gasteiger partial charge in [0.2, 0.25) is 0 Å². The molecule has 0 aliphatic carbocycles. The van der Waals surface area contributed by atoms with Gasteiger partial charge in [-0.25, -0.2) is 0 Å². The van der Waals surface area contributed by atoms with Gasteiger partial charge in [0, 0.05) is 33.8 Å². The van der Waals surface area contributed by atoms with E-state index in [1.807, 2.05) is 6.07 Å². The highest BCUT2D eigenvalue weighted by Crippen LogP contribution is 2.24. The fourth-order valence-electron chi connectivity index (χ4n) is 2.64. The zero-order valence-electron chi connectivity index (χ0n) is 16.0. The fraction of sp³-hybridized carbons (Fsp3) is 0.0909. The lowest BCUT2D eigenvalue weighted by Crippen LogP contribution is -2.12. The summed E-state index contributed by atoms with van der Waals surface area (Å²) >= 11 is 1.36. The Morgan fingerprint density at radius 1 is 1.00 bits per heavy atom. The van der Waals surface area contributed by atoms with Crippen molar-refractivity contribution in [3.8, 4) is 5.75 Å². The lowest BCUT2D eigenvalue weighted by atomic mass is 10.1. The predicted octanol–water partition coefficient (Wildman–Crippen LogP) is 4.83. The number of nitro groups is 1. The van der Waals surface area contributed by atoms with E-state index in [0.717, 1.165) is 4.90 Å². The number of thioether (sulfide) groups is 1. The number of Topliss-reactive ketones (excluding diaryl/α,β-unsaturated/α-hetero) is 1. The maximum absolute atomic E-state index is 12.4. The highest BCUT2D eigenvalue weighted by Gasteiger charge is 2.12. The summed E-state index contributed by atoms with van der Waals surface area (Å²) in [6.07, 6.45) is 0. The third-order valence-electron chi connectivity index (χ3n) is 4.19. The summed E-state index contributed by atoms with van der Waals surface area (Å²) in [4.78, 5) is 35.9. The number of rotatable bonds is 8. The number of ketones is 1. The van der Waals surface area contributed by atoms with Crippen molar-refractivity contribution in [3.63, 3.8) is 0 Å². The maximum atomic E-state index is 12.4. The molecule has 0 aliphatic rings. The largest absolute Gasteiger partial charge is 0.497 e. The number of non-ortho nitro benzene ring substituents is 1. The Labute approximate surface area is 177 Å². The summed E-state index contributed by atoms with van der Waals surface area (Å²) < 4.78 is 5.09. The van der Waals surface area contributed by atoms with Gasteiger partial charge >= 0.3 is 0 Å². The normalized spacial score (nSPS) is 10.3. The van der Waals surface area contributed by atoms with Crippen LogP contribution >= 0.6 is 11.8 Å². The van der Waals surface area contributed by atoms with Crippen LogP contribution in [-0.2, 0) is 0 Å². The van der Waals surface area contributed by atoms with Gasteiger partial charge < -0.3 is 10.1 Å². The Hall–Kier alpha value is -3.65. The minimum absolute atomic E-state index is 0.0197. The molecule has 1 N–H and O–H groups in total. The van der Waals surface area contributed by atoms with Gasteiger partial charge in [0.15, 0.2) is 5.78 Å². The van der Waals surface area contributed by atoms with Crippen molar-refractivity contribution in [2.24, 2.45) is 0 Å². The van der Waals surface area contributed by atoms with Gasteiger partial charge in [-0.15, -0.1) is 11.8 Å². The van der Waals surface area contributed by atoms with Gasteiger partial charge in [0.25, 0.3) is 11.6 Å². The summed E-state index contributed by atoms with van der Waals surface area (Å²) in [5.74, 6) is 0.462. The van der Waals surface area contributed by atoms with E-state index in [1.54, 1.807) is 49.6 Å². The molecule has 7 nitrogen and oxygen atoms in total. The van der Waals surface area contributed by atoms with Crippen LogP contribution in [0.4, 0.5) is 11.4 Å². The number of amides is 1. The average molecular weight is 422 g/mol. The molecule has 30 heavy (non-hydrogen) atoms. The third-order valence-corrected chi connectivity index (χ3v) is 5.19. The van der Waals surface area contributed by atoms with Crippen LogP contribution in [0.5, 0.6) is 5.75 Å². The second kappa shape index (κ2) is 9.71. The van der Waals surface area contributed by atoms with Crippen molar-refractivity contribution in [2.45, 2.75) is 4.90 Å². The summed E-state index contributed by atoms with van der Waals surface area (Å²) in [5.41, 5.74) is 1.17. The molecule has 0 aliphatic heterocycles. The Kier molecular flexibility index (Phi) is 6.82. The zero-order chi connectivity index (χ0) is 21.5. The van der Waals surface area contributed by atoms with E-state index in [1.165, 1.54) is 36.0 Å². The Balaban J connectivity index is 1.62. The van der Waals surface area contributed by atoms with Gasteiger partial charge in [-0.3, -0.25) is 19.7 Å². The molecule has 3 aromatic carbocycles. The standard InChI is InChI=1S/C22H18N2O5S/c1-29-19-10-8-15(9-11-19)21(25)14-30-20-7-3-5-17(13-20)23-22(26)16-4-2-6-18(12-16)24(27)28/h2-13H,14H2,1H3,(H,23,26). The van der Waals surface area contributed by atoms with Crippen LogP contribution in [0.3, 0.4) is 0 Å². The van der Waals surface area contributed by atoms with Gasteiger partial charge in [-0.1, -0.05) is 12.1 Å². The molecule has 3 rings (SSSR count). The number of hydrogen-bond donors (Lipinski definition) is 1. The van der Waals surface area contributed by atoms with E-state index < -0.39 is 10.8 Å². The van der Waals surface area contributed by atoms with Crippen molar-refractivity contribution in [3.05, 3.63) is 94.0 Å². The SMILES string of the molecule is COc1ccc(C(=O)CSc2cccc(NC(=O)c3cccc([N+](=O)[O-])c3)c2)cc1. The average Bonchev–Trinajstić information content (AvgIpc) is 2.78. The Bertz CT molecular complexity index is 1080. The van der Waals surface area contributed by atoms with Crippen LogP contribution in [0, 0.1) is 10.1 Å². The van der Waals surface area contributed by atoms with Crippen LogP contribution in [0.15, 0.2) is 77.7 Å². The molecule has 0 fully saturated rings. The number of ether oxygens (including phenoxy) is 1. The molecule has 152 valence electrons. The molecule has 8 heteroatoms. The molecule has 0 saturated heterocycles. The van der Waals surface area contributed by atoms with Gasteiger partial charge in [0.1, 0.15) is 5.75 Å². The minimum atomic E-state index is -0.548. The lowest BCUT2D eigenvalue weighted by molar-refractivity contribution is -0.384. The molecule has 0 spiro atoms. The fourth-order valence-corrected chi connectivity index (χ4v) is 3.49. The number of carbonyl (C=O) groups is 2. The van der Waals surface area contributed by atoms with Crippen molar-refractivity contribution >= 4 is 34.8 Å². The molecular weight excluding hydrogens is 404 g/mol. The first kappa shape index (κ1) is 21.1. The summed E-state index contributed by atoms with van der Waals surface area (Å²) in [5, 5.41) is 13.6. The van der Waals surface area contributed by atoms with E-state index in [0.29, 0.717) is 17.0 Å². The number of methoxy groups -OCH3 is 1. The topological polar surface area (TPSA) is 98.5 Å². The van der Waals surface area contributed by atoms with Crippen molar-refractivity contribution in [2.75, 3.05) is 18.2 Å². The summed E-state index contributed by atoms with van der Waals surface area (Å²) in [6, 6.07) is 19.5. The molecule has 0 heterocycles. The highest BCUT2D eigenvalue weighted by atomic mass is 32.2. The third kappa shape index (κ3) is 5.45. The molecular formula is C22H18N2O5S. The summed E-state index contributed by atoms with van der Waals surface area (Å²) in [7, 11) is 1.57. The van der Waals surface area contributed by atoms with Crippen molar-refractivity contribution in [1.29, 1.82) is 0 Å². The number of benzene rings is 3. The number of nitrogens with one attached hydrogen (secondary N) is 1. The number of carbonyl (C=O) groups excluding carboxylic acids is 2. The molecule has 0 aromatic heterocycles.